The number of anilines is 1. The van der Waals surface area contributed by atoms with E-state index in [1.807, 2.05) is 0 Å². The molecule has 0 spiro atoms. The molecular formula is C10H16N4O2. The van der Waals surface area contributed by atoms with Crippen molar-refractivity contribution in [2.75, 3.05) is 26.1 Å². The van der Waals surface area contributed by atoms with Crippen LogP contribution in [0.1, 0.15) is 12.0 Å². The van der Waals surface area contributed by atoms with Crippen LogP contribution in [0.2, 0.25) is 0 Å². The standard InChI is InChI=1S/C10H16N4O2/c1-15-10-8(9(11)13-6-14-10)4-12-7-2-3-16-5-7/h6-7,12H,2-5H2,1H3,(H2,11,13,14). The molecule has 1 saturated heterocycles. The van der Waals surface area contributed by atoms with Gasteiger partial charge in [0.2, 0.25) is 5.88 Å². The minimum atomic E-state index is 0.379. The van der Waals surface area contributed by atoms with E-state index in [0.29, 0.717) is 24.3 Å². The van der Waals surface area contributed by atoms with Crippen LogP contribution in [-0.2, 0) is 11.3 Å². The second kappa shape index (κ2) is 5.09. The molecule has 2 rings (SSSR count). The molecule has 1 unspecified atom stereocenters. The maximum Gasteiger partial charge on any atom is 0.222 e. The SMILES string of the molecule is COc1ncnc(N)c1CNC1CCOC1. The van der Waals surface area contributed by atoms with Crippen LogP contribution in [0.25, 0.3) is 0 Å². The fourth-order valence-electron chi connectivity index (χ4n) is 1.69. The van der Waals surface area contributed by atoms with Crippen LogP contribution in [0, 0.1) is 0 Å². The summed E-state index contributed by atoms with van der Waals surface area (Å²) < 4.78 is 10.4. The van der Waals surface area contributed by atoms with Gasteiger partial charge in [-0.1, -0.05) is 0 Å². The van der Waals surface area contributed by atoms with E-state index < -0.39 is 0 Å². The normalized spacial score (nSPS) is 19.9. The number of nitrogen functional groups attached to an aromatic ring is 1. The van der Waals surface area contributed by atoms with Gasteiger partial charge in [0.15, 0.2) is 0 Å². The van der Waals surface area contributed by atoms with Crippen LogP contribution in [-0.4, -0.2) is 36.3 Å². The van der Waals surface area contributed by atoms with Gasteiger partial charge in [0.25, 0.3) is 0 Å². The third kappa shape index (κ3) is 2.40. The molecule has 0 bridgehead atoms. The molecule has 0 amide bonds. The maximum atomic E-state index is 5.78. The predicted molar refractivity (Wildman–Crippen MR) is 59.1 cm³/mol. The predicted octanol–water partition coefficient (Wildman–Crippen LogP) is -0.0541. The van der Waals surface area contributed by atoms with Gasteiger partial charge in [-0.3, -0.25) is 0 Å². The Morgan fingerprint density at radius 1 is 1.62 bits per heavy atom. The molecule has 0 radical (unpaired) electrons. The highest BCUT2D eigenvalue weighted by Gasteiger charge is 2.17. The van der Waals surface area contributed by atoms with Crippen molar-refractivity contribution in [3.8, 4) is 5.88 Å². The summed E-state index contributed by atoms with van der Waals surface area (Å²) in [6, 6.07) is 0.379. The zero-order chi connectivity index (χ0) is 11.4. The lowest BCUT2D eigenvalue weighted by molar-refractivity contribution is 0.189. The Labute approximate surface area is 94.2 Å². The lowest BCUT2D eigenvalue weighted by Crippen LogP contribution is -2.29. The Balaban J connectivity index is 2.01. The van der Waals surface area contributed by atoms with Crippen LogP contribution in [0.4, 0.5) is 5.82 Å². The van der Waals surface area contributed by atoms with Crippen LogP contribution >= 0.6 is 0 Å². The average Bonchev–Trinajstić information content (AvgIpc) is 2.80. The Morgan fingerprint density at radius 3 is 3.19 bits per heavy atom. The first-order valence-electron chi connectivity index (χ1n) is 5.25. The van der Waals surface area contributed by atoms with E-state index in [-0.39, 0.29) is 0 Å². The molecule has 16 heavy (non-hydrogen) atoms. The topological polar surface area (TPSA) is 82.3 Å². The van der Waals surface area contributed by atoms with Crippen LogP contribution in [0.5, 0.6) is 5.88 Å². The Hall–Kier alpha value is -1.40. The van der Waals surface area contributed by atoms with Crippen molar-refractivity contribution in [2.24, 2.45) is 0 Å². The second-order valence-corrected chi connectivity index (χ2v) is 3.69. The fourth-order valence-corrected chi connectivity index (χ4v) is 1.69. The van der Waals surface area contributed by atoms with Gasteiger partial charge >= 0.3 is 0 Å². The third-order valence-corrected chi connectivity index (χ3v) is 2.63. The zero-order valence-corrected chi connectivity index (χ0v) is 9.27. The number of nitrogens with one attached hydrogen (secondary N) is 1. The first-order chi connectivity index (χ1) is 7.81. The number of methoxy groups -OCH3 is 1. The van der Waals surface area contributed by atoms with Crippen LogP contribution < -0.4 is 15.8 Å². The van der Waals surface area contributed by atoms with E-state index in [9.17, 15) is 0 Å². The minimum absolute atomic E-state index is 0.379. The summed E-state index contributed by atoms with van der Waals surface area (Å²) in [7, 11) is 1.57. The van der Waals surface area contributed by atoms with Gasteiger partial charge < -0.3 is 20.5 Å². The Kier molecular flexibility index (Phi) is 3.53. The largest absolute Gasteiger partial charge is 0.481 e. The maximum absolute atomic E-state index is 5.78. The van der Waals surface area contributed by atoms with Gasteiger partial charge in [0, 0.05) is 19.2 Å². The molecule has 0 saturated carbocycles. The van der Waals surface area contributed by atoms with E-state index in [2.05, 4.69) is 15.3 Å². The Bertz CT molecular complexity index is 353. The molecule has 6 nitrogen and oxygen atoms in total. The second-order valence-electron chi connectivity index (χ2n) is 3.69. The van der Waals surface area contributed by atoms with Crippen molar-refractivity contribution in [3.63, 3.8) is 0 Å². The summed E-state index contributed by atoms with van der Waals surface area (Å²) in [4.78, 5) is 7.97. The number of hydrogen-bond acceptors (Lipinski definition) is 6. The highest BCUT2D eigenvalue weighted by Crippen LogP contribution is 2.19. The number of aromatic nitrogens is 2. The number of rotatable bonds is 4. The lowest BCUT2D eigenvalue weighted by Gasteiger charge is -2.13. The molecule has 88 valence electrons. The summed E-state index contributed by atoms with van der Waals surface area (Å²) in [5, 5.41) is 3.35. The molecule has 1 aliphatic rings. The Morgan fingerprint density at radius 2 is 2.50 bits per heavy atom. The van der Waals surface area contributed by atoms with Gasteiger partial charge in [0.05, 0.1) is 19.3 Å². The monoisotopic (exact) mass is 224 g/mol. The molecule has 1 aromatic heterocycles. The third-order valence-electron chi connectivity index (χ3n) is 2.63. The first-order valence-corrected chi connectivity index (χ1v) is 5.25. The van der Waals surface area contributed by atoms with Gasteiger partial charge in [-0.2, -0.15) is 0 Å². The number of nitrogens with zero attached hydrogens (tertiary/aromatic N) is 2. The van der Waals surface area contributed by atoms with E-state index in [4.69, 9.17) is 15.2 Å². The van der Waals surface area contributed by atoms with Crippen molar-refractivity contribution in [1.29, 1.82) is 0 Å². The summed E-state index contributed by atoms with van der Waals surface area (Å²) in [5.74, 6) is 0.984. The average molecular weight is 224 g/mol. The minimum Gasteiger partial charge on any atom is -0.481 e. The van der Waals surface area contributed by atoms with E-state index in [1.54, 1.807) is 7.11 Å². The molecule has 3 N–H and O–H groups in total. The van der Waals surface area contributed by atoms with E-state index in [1.165, 1.54) is 6.33 Å². The van der Waals surface area contributed by atoms with Crippen LogP contribution in [0.15, 0.2) is 6.33 Å². The highest BCUT2D eigenvalue weighted by atomic mass is 16.5. The van der Waals surface area contributed by atoms with Crippen molar-refractivity contribution in [3.05, 3.63) is 11.9 Å². The first kappa shape index (κ1) is 11.1. The van der Waals surface area contributed by atoms with Crippen molar-refractivity contribution in [2.45, 2.75) is 19.0 Å². The van der Waals surface area contributed by atoms with Gasteiger partial charge in [-0.15, -0.1) is 0 Å². The lowest BCUT2D eigenvalue weighted by atomic mass is 10.2. The molecule has 0 aliphatic carbocycles. The van der Waals surface area contributed by atoms with Crippen molar-refractivity contribution < 1.29 is 9.47 Å². The van der Waals surface area contributed by atoms with E-state index >= 15 is 0 Å². The van der Waals surface area contributed by atoms with Crippen LogP contribution in [0.3, 0.4) is 0 Å². The zero-order valence-electron chi connectivity index (χ0n) is 9.27. The summed E-state index contributed by atoms with van der Waals surface area (Å²) >= 11 is 0. The molecule has 0 aromatic carbocycles. The molecular weight excluding hydrogens is 208 g/mol. The van der Waals surface area contributed by atoms with Gasteiger partial charge in [-0.25, -0.2) is 9.97 Å². The van der Waals surface area contributed by atoms with Gasteiger partial charge in [-0.05, 0) is 6.42 Å². The molecule has 1 atom stereocenters. The molecule has 1 aliphatic heterocycles. The van der Waals surface area contributed by atoms with E-state index in [0.717, 1.165) is 25.2 Å². The molecule has 1 aromatic rings. The van der Waals surface area contributed by atoms with Crippen molar-refractivity contribution in [1.82, 2.24) is 15.3 Å². The molecule has 1 fully saturated rings. The van der Waals surface area contributed by atoms with Gasteiger partial charge in [0.1, 0.15) is 12.1 Å². The quantitative estimate of drug-likeness (QED) is 0.746. The summed E-state index contributed by atoms with van der Waals surface area (Å²) in [6.07, 6.45) is 2.42. The smallest absolute Gasteiger partial charge is 0.222 e. The number of ether oxygens (including phenoxy) is 2. The van der Waals surface area contributed by atoms with Crippen molar-refractivity contribution >= 4 is 5.82 Å². The fraction of sp³-hybridized carbons (Fsp3) is 0.600. The number of nitrogens with two attached hydrogens (primary N) is 1. The summed E-state index contributed by atoms with van der Waals surface area (Å²) in [5.41, 5.74) is 6.58. The highest BCUT2D eigenvalue weighted by molar-refractivity contribution is 5.44. The molecule has 2 heterocycles. The summed E-state index contributed by atoms with van der Waals surface area (Å²) in [6.45, 7) is 2.16. The molecule has 6 heteroatoms. The number of hydrogen-bond donors (Lipinski definition) is 2.